The molecule has 15 heavy (non-hydrogen) atoms. The maximum absolute atomic E-state index is 5.92. The topological polar surface area (TPSA) is 47.1 Å². The van der Waals surface area contributed by atoms with Gasteiger partial charge in [-0.1, -0.05) is 0 Å². The summed E-state index contributed by atoms with van der Waals surface area (Å²) in [5.74, 6) is 0. The molecule has 0 amide bonds. The van der Waals surface area contributed by atoms with E-state index in [2.05, 4.69) is 40.4 Å². The molecule has 4 nitrogen and oxygen atoms in total. The van der Waals surface area contributed by atoms with Gasteiger partial charge in [-0.15, -0.1) is 0 Å². The van der Waals surface area contributed by atoms with Crippen molar-refractivity contribution in [1.82, 2.24) is 14.7 Å². The van der Waals surface area contributed by atoms with Crippen LogP contribution < -0.4 is 5.73 Å². The molecular formula is C10H18N4S. The molecule has 0 radical (unpaired) electrons. The first-order valence-electron chi connectivity index (χ1n) is 5.24. The molecule has 0 saturated heterocycles. The van der Waals surface area contributed by atoms with Gasteiger partial charge in [-0.25, -0.2) is 0 Å². The molecule has 1 aliphatic heterocycles. The van der Waals surface area contributed by atoms with Crippen LogP contribution in [0.5, 0.6) is 0 Å². The van der Waals surface area contributed by atoms with Gasteiger partial charge in [0, 0.05) is 19.6 Å². The Kier molecular flexibility index (Phi) is 2.79. The Bertz CT molecular complexity index is 353. The average molecular weight is 226 g/mol. The van der Waals surface area contributed by atoms with Gasteiger partial charge in [-0.05, 0) is 26.5 Å². The Morgan fingerprint density at radius 2 is 2.27 bits per heavy atom. The van der Waals surface area contributed by atoms with E-state index >= 15 is 0 Å². The maximum atomic E-state index is 5.92. The second kappa shape index (κ2) is 3.81. The van der Waals surface area contributed by atoms with E-state index in [0.717, 1.165) is 31.7 Å². The largest absolute Gasteiger partial charge is 0.312 e. The van der Waals surface area contributed by atoms with Crippen LogP contribution in [0.25, 0.3) is 0 Å². The van der Waals surface area contributed by atoms with Gasteiger partial charge in [0.2, 0.25) is 0 Å². The zero-order chi connectivity index (χ0) is 11.1. The normalized spacial score (nSPS) is 21.9. The smallest absolute Gasteiger partial charge is 0.101 e. The van der Waals surface area contributed by atoms with E-state index in [4.69, 9.17) is 5.73 Å². The third-order valence-corrected chi connectivity index (χ3v) is 2.95. The van der Waals surface area contributed by atoms with Crippen LogP contribution in [0, 0.1) is 0 Å². The van der Waals surface area contributed by atoms with Crippen molar-refractivity contribution in [2.75, 3.05) is 13.6 Å². The van der Waals surface area contributed by atoms with Crippen molar-refractivity contribution in [3.05, 3.63) is 17.5 Å². The van der Waals surface area contributed by atoms with Crippen LogP contribution in [0.2, 0.25) is 0 Å². The molecular weight excluding hydrogens is 208 g/mol. The number of thiol groups is 1. The number of hydrogen-bond donors (Lipinski definition) is 2. The van der Waals surface area contributed by atoms with E-state index in [9.17, 15) is 0 Å². The minimum absolute atomic E-state index is 0.641. The summed E-state index contributed by atoms with van der Waals surface area (Å²) in [6.45, 7) is 4.90. The molecule has 0 bridgehead atoms. The van der Waals surface area contributed by atoms with Crippen LogP contribution in [-0.2, 0) is 18.0 Å². The fourth-order valence-electron chi connectivity index (χ4n) is 1.87. The van der Waals surface area contributed by atoms with Crippen molar-refractivity contribution in [3.8, 4) is 0 Å². The second-order valence-corrected chi connectivity index (χ2v) is 5.41. The molecule has 2 N–H and O–H groups in total. The van der Waals surface area contributed by atoms with Gasteiger partial charge in [0.1, 0.15) is 4.87 Å². The molecule has 1 aromatic heterocycles. The van der Waals surface area contributed by atoms with Crippen molar-refractivity contribution in [3.63, 3.8) is 0 Å². The molecule has 1 aromatic rings. The minimum atomic E-state index is -0.641. The summed E-state index contributed by atoms with van der Waals surface area (Å²) in [4.78, 5) is 1.66. The zero-order valence-electron chi connectivity index (χ0n) is 9.27. The van der Waals surface area contributed by atoms with E-state index < -0.39 is 4.87 Å². The summed E-state index contributed by atoms with van der Waals surface area (Å²) in [6, 6.07) is 2.06. The molecule has 2 rings (SSSR count). The number of nitrogens with zero attached hydrogens (tertiary/aromatic N) is 3. The summed E-state index contributed by atoms with van der Waals surface area (Å²) >= 11 is 4.34. The van der Waals surface area contributed by atoms with Crippen molar-refractivity contribution in [1.29, 1.82) is 0 Å². The van der Waals surface area contributed by atoms with Gasteiger partial charge in [0.15, 0.2) is 0 Å². The van der Waals surface area contributed by atoms with Crippen LogP contribution >= 0.6 is 12.6 Å². The van der Waals surface area contributed by atoms with E-state index in [-0.39, 0.29) is 0 Å². The molecule has 5 heteroatoms. The average Bonchev–Trinajstić information content (AvgIpc) is 2.41. The first-order chi connectivity index (χ1) is 6.97. The molecule has 0 aliphatic carbocycles. The highest BCUT2D eigenvalue weighted by Gasteiger charge is 2.22. The van der Waals surface area contributed by atoms with Crippen LogP contribution in [-0.4, -0.2) is 28.3 Å². The van der Waals surface area contributed by atoms with E-state index in [1.807, 2.05) is 6.92 Å². The Morgan fingerprint density at radius 1 is 1.53 bits per heavy atom. The molecule has 1 aliphatic rings. The van der Waals surface area contributed by atoms with Crippen LogP contribution in [0.3, 0.4) is 0 Å². The summed E-state index contributed by atoms with van der Waals surface area (Å²) in [5, 5.41) is 4.51. The number of nitrogens with two attached hydrogens (primary N) is 1. The molecule has 0 aromatic carbocycles. The summed E-state index contributed by atoms with van der Waals surface area (Å²) < 4.78 is 2.06. The summed E-state index contributed by atoms with van der Waals surface area (Å²) in [5.41, 5.74) is 8.01. The quantitative estimate of drug-likeness (QED) is 0.549. The Balaban J connectivity index is 2.31. The van der Waals surface area contributed by atoms with Crippen molar-refractivity contribution >= 4 is 12.6 Å². The fourth-order valence-corrected chi connectivity index (χ4v) is 1.98. The van der Waals surface area contributed by atoms with Gasteiger partial charge in [-0.2, -0.15) is 17.7 Å². The summed E-state index contributed by atoms with van der Waals surface area (Å²) in [7, 11) is 2.13. The number of aromatic nitrogens is 2. The highest BCUT2D eigenvalue weighted by Crippen LogP contribution is 2.22. The van der Waals surface area contributed by atoms with Crippen LogP contribution in [0.4, 0.5) is 0 Å². The lowest BCUT2D eigenvalue weighted by molar-refractivity contribution is 0.332. The lowest BCUT2D eigenvalue weighted by atomic mass is 10.2. The number of fused-ring (bicyclic) bond motifs is 1. The lowest BCUT2D eigenvalue weighted by Crippen LogP contribution is -2.26. The second-order valence-electron chi connectivity index (χ2n) is 4.48. The predicted molar refractivity (Wildman–Crippen MR) is 63.7 cm³/mol. The highest BCUT2D eigenvalue weighted by atomic mass is 32.1. The molecule has 1 atom stereocenters. The molecule has 84 valence electrons. The van der Waals surface area contributed by atoms with Gasteiger partial charge in [-0.3, -0.25) is 4.68 Å². The fraction of sp³-hybridized carbons (Fsp3) is 0.700. The van der Waals surface area contributed by atoms with Crippen molar-refractivity contribution in [2.45, 2.75) is 31.3 Å². The Labute approximate surface area is 95.8 Å². The number of rotatable bonds is 1. The lowest BCUT2D eigenvalue weighted by Gasteiger charge is -2.14. The molecule has 1 unspecified atom stereocenters. The SMILES string of the molecule is CN1CCCn2nc(C(C)(N)S)cc2C1. The van der Waals surface area contributed by atoms with E-state index in [1.54, 1.807) is 0 Å². The van der Waals surface area contributed by atoms with Gasteiger partial charge < -0.3 is 10.6 Å². The van der Waals surface area contributed by atoms with Gasteiger partial charge >= 0.3 is 0 Å². The number of hydrogen-bond acceptors (Lipinski definition) is 4. The molecule has 0 fully saturated rings. The first-order valence-corrected chi connectivity index (χ1v) is 5.68. The van der Waals surface area contributed by atoms with Crippen LogP contribution in [0.15, 0.2) is 6.07 Å². The van der Waals surface area contributed by atoms with E-state index in [0.29, 0.717) is 0 Å². The van der Waals surface area contributed by atoms with Gasteiger partial charge in [0.25, 0.3) is 0 Å². The van der Waals surface area contributed by atoms with Crippen molar-refractivity contribution in [2.24, 2.45) is 5.73 Å². The Morgan fingerprint density at radius 3 is 2.93 bits per heavy atom. The minimum Gasteiger partial charge on any atom is -0.312 e. The molecule has 0 saturated carbocycles. The molecule has 0 spiro atoms. The first kappa shape index (κ1) is 11.0. The maximum Gasteiger partial charge on any atom is 0.101 e. The third-order valence-electron chi connectivity index (χ3n) is 2.72. The monoisotopic (exact) mass is 226 g/mol. The predicted octanol–water partition coefficient (Wildman–Crippen LogP) is 0.780. The zero-order valence-corrected chi connectivity index (χ0v) is 10.2. The van der Waals surface area contributed by atoms with E-state index in [1.165, 1.54) is 5.69 Å². The standard InChI is InChI=1S/C10H18N4S/c1-10(11,15)9-6-8-7-13(2)4-3-5-14(8)12-9/h6,15H,3-5,7,11H2,1-2H3. The third kappa shape index (κ3) is 2.35. The summed E-state index contributed by atoms with van der Waals surface area (Å²) in [6.07, 6.45) is 1.14. The molecule has 2 heterocycles. The van der Waals surface area contributed by atoms with Crippen molar-refractivity contribution < 1.29 is 0 Å². The van der Waals surface area contributed by atoms with Crippen LogP contribution in [0.1, 0.15) is 24.7 Å². The highest BCUT2D eigenvalue weighted by molar-refractivity contribution is 7.81. The van der Waals surface area contributed by atoms with Gasteiger partial charge in [0.05, 0.1) is 11.4 Å². The number of aryl methyl sites for hydroxylation is 1. The Hall–Kier alpha value is -0.520.